The number of carbonyl (C=O) groups excluding carboxylic acids is 1. The van der Waals surface area contributed by atoms with Crippen molar-refractivity contribution in [2.45, 2.75) is 44.6 Å². The van der Waals surface area contributed by atoms with Crippen LogP contribution in [-0.2, 0) is 9.53 Å². The molecule has 20 heavy (non-hydrogen) atoms. The molecule has 1 aliphatic rings. The standard InChI is InChI=1S/C17H25NO2/c1-3-4-10-16(17(19)20-2)18-12-11-15(13-18)14-8-6-5-7-9-14/h5-9,15-16H,3-4,10-13H2,1-2H3. The van der Waals surface area contributed by atoms with Gasteiger partial charge in [0.25, 0.3) is 0 Å². The topological polar surface area (TPSA) is 29.5 Å². The molecular weight excluding hydrogens is 250 g/mol. The molecule has 2 rings (SSSR count). The van der Waals surface area contributed by atoms with Crippen LogP contribution in [0.5, 0.6) is 0 Å². The zero-order valence-electron chi connectivity index (χ0n) is 12.5. The molecule has 110 valence electrons. The van der Waals surface area contributed by atoms with Gasteiger partial charge in [0.05, 0.1) is 7.11 Å². The summed E-state index contributed by atoms with van der Waals surface area (Å²) in [6.45, 7) is 4.11. The first-order valence-corrected chi connectivity index (χ1v) is 7.63. The van der Waals surface area contributed by atoms with E-state index in [4.69, 9.17) is 4.74 Å². The minimum absolute atomic E-state index is 0.0614. The number of benzene rings is 1. The van der Waals surface area contributed by atoms with Gasteiger partial charge in [0.2, 0.25) is 0 Å². The van der Waals surface area contributed by atoms with Gasteiger partial charge < -0.3 is 4.74 Å². The summed E-state index contributed by atoms with van der Waals surface area (Å²) < 4.78 is 4.98. The van der Waals surface area contributed by atoms with Crippen LogP contribution in [0.4, 0.5) is 0 Å². The van der Waals surface area contributed by atoms with Gasteiger partial charge in [-0.2, -0.15) is 0 Å². The summed E-state index contributed by atoms with van der Waals surface area (Å²) in [5.41, 5.74) is 1.38. The fraction of sp³-hybridized carbons (Fsp3) is 0.588. The summed E-state index contributed by atoms with van der Waals surface area (Å²) in [7, 11) is 1.49. The molecule has 0 amide bonds. The van der Waals surface area contributed by atoms with Gasteiger partial charge in [-0.25, -0.2) is 0 Å². The monoisotopic (exact) mass is 275 g/mol. The highest BCUT2D eigenvalue weighted by Crippen LogP contribution is 2.29. The SMILES string of the molecule is CCCCC(C(=O)OC)N1CCC(c2ccccc2)C1. The maximum absolute atomic E-state index is 12.0. The lowest BCUT2D eigenvalue weighted by Gasteiger charge is -2.25. The highest BCUT2D eigenvalue weighted by molar-refractivity contribution is 5.75. The Morgan fingerprint density at radius 2 is 2.15 bits per heavy atom. The number of nitrogens with zero attached hydrogens (tertiary/aromatic N) is 1. The van der Waals surface area contributed by atoms with Crippen LogP contribution in [0.25, 0.3) is 0 Å². The van der Waals surface area contributed by atoms with E-state index >= 15 is 0 Å². The first-order valence-electron chi connectivity index (χ1n) is 7.63. The van der Waals surface area contributed by atoms with Gasteiger partial charge >= 0.3 is 5.97 Å². The summed E-state index contributed by atoms with van der Waals surface area (Å²) in [5.74, 6) is 0.470. The zero-order valence-corrected chi connectivity index (χ0v) is 12.5. The summed E-state index contributed by atoms with van der Waals surface area (Å²) >= 11 is 0. The van der Waals surface area contributed by atoms with E-state index in [1.54, 1.807) is 0 Å². The maximum Gasteiger partial charge on any atom is 0.323 e. The molecule has 0 aliphatic carbocycles. The minimum Gasteiger partial charge on any atom is -0.468 e. The number of likely N-dealkylation sites (tertiary alicyclic amines) is 1. The Hall–Kier alpha value is -1.35. The Labute approximate surface area is 121 Å². The van der Waals surface area contributed by atoms with E-state index < -0.39 is 0 Å². The molecule has 3 nitrogen and oxygen atoms in total. The van der Waals surface area contributed by atoms with E-state index in [-0.39, 0.29) is 12.0 Å². The van der Waals surface area contributed by atoms with Crippen molar-refractivity contribution in [2.24, 2.45) is 0 Å². The average Bonchev–Trinajstić information content (AvgIpc) is 2.98. The quantitative estimate of drug-likeness (QED) is 0.747. The summed E-state index contributed by atoms with van der Waals surface area (Å²) in [6, 6.07) is 10.5. The van der Waals surface area contributed by atoms with Crippen molar-refractivity contribution < 1.29 is 9.53 Å². The number of unbranched alkanes of at least 4 members (excludes halogenated alkanes) is 1. The lowest BCUT2D eigenvalue weighted by molar-refractivity contribution is -0.146. The smallest absolute Gasteiger partial charge is 0.323 e. The van der Waals surface area contributed by atoms with Crippen molar-refractivity contribution in [1.29, 1.82) is 0 Å². The highest BCUT2D eigenvalue weighted by Gasteiger charge is 2.33. The molecule has 3 heteroatoms. The molecule has 0 saturated carbocycles. The van der Waals surface area contributed by atoms with Gasteiger partial charge in [-0.3, -0.25) is 9.69 Å². The Balaban J connectivity index is 2.00. The van der Waals surface area contributed by atoms with Gasteiger partial charge in [-0.1, -0.05) is 50.1 Å². The first kappa shape index (κ1) is 15.0. The van der Waals surface area contributed by atoms with Gasteiger partial charge in [0.1, 0.15) is 6.04 Å². The van der Waals surface area contributed by atoms with Crippen molar-refractivity contribution in [1.82, 2.24) is 4.90 Å². The van der Waals surface area contributed by atoms with Crippen molar-refractivity contribution in [3.8, 4) is 0 Å². The number of hydrogen-bond donors (Lipinski definition) is 0. The van der Waals surface area contributed by atoms with Crippen LogP contribution in [0.3, 0.4) is 0 Å². The van der Waals surface area contributed by atoms with Gasteiger partial charge in [-0.15, -0.1) is 0 Å². The lowest BCUT2D eigenvalue weighted by Crippen LogP contribution is -2.40. The second-order valence-corrected chi connectivity index (χ2v) is 5.57. The van der Waals surface area contributed by atoms with Crippen LogP contribution in [0, 0.1) is 0 Å². The number of carbonyl (C=O) groups is 1. The molecule has 1 aliphatic heterocycles. The maximum atomic E-state index is 12.0. The van der Waals surface area contributed by atoms with Crippen LogP contribution in [0.2, 0.25) is 0 Å². The number of rotatable bonds is 6. The molecule has 2 unspecified atom stereocenters. The normalized spacial score (nSPS) is 20.8. The molecule has 0 aromatic heterocycles. The molecule has 0 radical (unpaired) electrons. The van der Waals surface area contributed by atoms with E-state index in [1.807, 2.05) is 0 Å². The Kier molecular flexibility index (Phi) is 5.60. The van der Waals surface area contributed by atoms with Crippen LogP contribution in [0.15, 0.2) is 30.3 Å². The number of hydrogen-bond acceptors (Lipinski definition) is 3. The second-order valence-electron chi connectivity index (χ2n) is 5.57. The molecule has 0 spiro atoms. The predicted octanol–water partition coefficient (Wildman–Crippen LogP) is 3.21. The van der Waals surface area contributed by atoms with Gasteiger partial charge in [0, 0.05) is 6.54 Å². The van der Waals surface area contributed by atoms with Gasteiger partial charge in [-0.05, 0) is 30.9 Å². The average molecular weight is 275 g/mol. The van der Waals surface area contributed by atoms with Crippen molar-refractivity contribution in [2.75, 3.05) is 20.2 Å². The third-order valence-electron chi connectivity index (χ3n) is 4.24. The molecule has 0 N–H and O–H groups in total. The van der Waals surface area contributed by atoms with Gasteiger partial charge in [0.15, 0.2) is 0 Å². The Morgan fingerprint density at radius 3 is 2.80 bits per heavy atom. The number of ether oxygens (including phenoxy) is 1. The van der Waals surface area contributed by atoms with E-state index in [2.05, 4.69) is 42.2 Å². The van der Waals surface area contributed by atoms with Crippen LogP contribution < -0.4 is 0 Å². The van der Waals surface area contributed by atoms with E-state index in [9.17, 15) is 4.79 Å². The molecule has 2 atom stereocenters. The summed E-state index contributed by atoms with van der Waals surface area (Å²) in [6.07, 6.45) is 4.23. The minimum atomic E-state index is -0.0767. The van der Waals surface area contributed by atoms with Crippen LogP contribution in [0.1, 0.15) is 44.1 Å². The van der Waals surface area contributed by atoms with Crippen molar-refractivity contribution >= 4 is 5.97 Å². The molecule has 1 aromatic rings. The van der Waals surface area contributed by atoms with Crippen molar-refractivity contribution in [3.63, 3.8) is 0 Å². The van der Waals surface area contributed by atoms with E-state index in [1.165, 1.54) is 12.7 Å². The number of esters is 1. The van der Waals surface area contributed by atoms with E-state index in [0.29, 0.717) is 5.92 Å². The third kappa shape index (κ3) is 3.60. The predicted molar refractivity (Wildman–Crippen MR) is 80.7 cm³/mol. The Bertz CT molecular complexity index is 418. The van der Waals surface area contributed by atoms with E-state index in [0.717, 1.165) is 38.8 Å². The summed E-state index contributed by atoms with van der Waals surface area (Å²) in [5, 5.41) is 0. The fourth-order valence-electron chi connectivity index (χ4n) is 3.05. The highest BCUT2D eigenvalue weighted by atomic mass is 16.5. The van der Waals surface area contributed by atoms with Crippen LogP contribution >= 0.6 is 0 Å². The third-order valence-corrected chi connectivity index (χ3v) is 4.24. The molecular formula is C17H25NO2. The molecule has 1 aromatic carbocycles. The largest absolute Gasteiger partial charge is 0.468 e. The molecule has 1 fully saturated rings. The Morgan fingerprint density at radius 1 is 1.40 bits per heavy atom. The number of methoxy groups -OCH3 is 1. The van der Waals surface area contributed by atoms with Crippen molar-refractivity contribution in [3.05, 3.63) is 35.9 Å². The fourth-order valence-corrected chi connectivity index (χ4v) is 3.05. The second kappa shape index (κ2) is 7.44. The molecule has 1 heterocycles. The molecule has 0 bridgehead atoms. The lowest BCUT2D eigenvalue weighted by atomic mass is 9.99. The molecule has 1 saturated heterocycles. The first-order chi connectivity index (χ1) is 9.76. The zero-order chi connectivity index (χ0) is 14.4. The summed E-state index contributed by atoms with van der Waals surface area (Å²) in [4.78, 5) is 14.3. The van der Waals surface area contributed by atoms with Crippen LogP contribution in [-0.4, -0.2) is 37.1 Å².